The molecule has 6 heteroatoms. The molecular weight excluding hydrogens is 177 g/mol. The number of hydrogen-bond donors (Lipinski definition) is 1. The first kappa shape index (κ1) is 7.66. The van der Waals surface area contributed by atoms with Gasteiger partial charge in [-0.2, -0.15) is 0 Å². The van der Waals surface area contributed by atoms with Crippen molar-refractivity contribution in [2.45, 2.75) is 0 Å². The molecule has 0 bridgehead atoms. The molecule has 0 radical (unpaired) electrons. The molecule has 0 spiro atoms. The molecule has 0 atom stereocenters. The number of nitrogens with one attached hydrogen (secondary N) is 1. The maximum Gasteiger partial charge on any atom is 0.434 e. The average molecular weight is 181 g/mol. The normalized spacial score (nSPS) is 10.2. The fraction of sp³-hybridized carbons (Fsp3) is 0. The topological polar surface area (TPSA) is 71.8 Å². The number of aromatic amines is 1. The van der Waals surface area contributed by atoms with Gasteiger partial charge in [0.2, 0.25) is 0 Å². The van der Waals surface area contributed by atoms with Crippen molar-refractivity contribution in [1.82, 2.24) is 15.2 Å². The van der Waals surface area contributed by atoms with Crippen molar-refractivity contribution in [2.75, 3.05) is 0 Å². The van der Waals surface area contributed by atoms with Gasteiger partial charge in [0.05, 0.1) is 11.8 Å². The van der Waals surface area contributed by atoms with E-state index in [2.05, 4.69) is 14.5 Å². The van der Waals surface area contributed by atoms with Gasteiger partial charge in [-0.25, -0.2) is 14.3 Å². The van der Waals surface area contributed by atoms with Crippen LogP contribution in [0.3, 0.4) is 0 Å². The van der Waals surface area contributed by atoms with E-state index in [0.717, 1.165) is 6.20 Å². The third-order valence-corrected chi connectivity index (χ3v) is 1.44. The Morgan fingerprint density at radius 1 is 1.54 bits per heavy atom. The quantitative estimate of drug-likeness (QED) is 0.697. The Labute approximate surface area is 71.2 Å². The lowest BCUT2D eigenvalue weighted by atomic mass is 10.2. The summed E-state index contributed by atoms with van der Waals surface area (Å²) in [5.74, 6) is -1.38. The summed E-state index contributed by atoms with van der Waals surface area (Å²) in [4.78, 5) is 14.1. The molecule has 2 aromatic heterocycles. The van der Waals surface area contributed by atoms with Gasteiger partial charge in [-0.3, -0.25) is 4.98 Å². The van der Waals surface area contributed by atoms with Gasteiger partial charge in [0.15, 0.2) is 5.82 Å². The molecule has 66 valence electrons. The van der Waals surface area contributed by atoms with Crippen LogP contribution in [0.15, 0.2) is 27.7 Å². The van der Waals surface area contributed by atoms with E-state index >= 15 is 0 Å². The molecule has 13 heavy (non-hydrogen) atoms. The van der Waals surface area contributed by atoms with Crippen molar-refractivity contribution in [1.29, 1.82) is 0 Å². The van der Waals surface area contributed by atoms with Gasteiger partial charge < -0.3 is 4.42 Å². The molecular formula is C7H4FN3O2. The second-order valence-corrected chi connectivity index (χ2v) is 2.27. The Balaban J connectivity index is 2.58. The molecule has 0 amide bonds. The van der Waals surface area contributed by atoms with E-state index in [0.29, 0.717) is 0 Å². The van der Waals surface area contributed by atoms with Crippen molar-refractivity contribution >= 4 is 0 Å². The maximum absolute atomic E-state index is 13.0. The van der Waals surface area contributed by atoms with Gasteiger partial charge in [0.1, 0.15) is 0 Å². The first-order valence-electron chi connectivity index (χ1n) is 3.43. The van der Waals surface area contributed by atoms with Crippen LogP contribution in [-0.4, -0.2) is 15.2 Å². The van der Waals surface area contributed by atoms with Gasteiger partial charge in [0, 0.05) is 6.20 Å². The van der Waals surface area contributed by atoms with E-state index in [1.807, 2.05) is 5.10 Å². The van der Waals surface area contributed by atoms with E-state index in [1.165, 1.54) is 12.3 Å². The van der Waals surface area contributed by atoms with E-state index in [-0.39, 0.29) is 11.5 Å². The van der Waals surface area contributed by atoms with E-state index in [9.17, 15) is 9.18 Å². The highest BCUT2D eigenvalue weighted by molar-refractivity contribution is 5.51. The van der Waals surface area contributed by atoms with Gasteiger partial charge in [-0.15, -0.1) is 5.10 Å². The van der Waals surface area contributed by atoms with Gasteiger partial charge in [0.25, 0.3) is 5.89 Å². The lowest BCUT2D eigenvalue weighted by Gasteiger charge is -1.93. The zero-order valence-corrected chi connectivity index (χ0v) is 6.32. The van der Waals surface area contributed by atoms with Crippen molar-refractivity contribution in [2.24, 2.45) is 0 Å². The fourth-order valence-electron chi connectivity index (χ4n) is 0.894. The first-order valence-corrected chi connectivity index (χ1v) is 3.43. The molecule has 0 saturated carbocycles. The van der Waals surface area contributed by atoms with Crippen LogP contribution in [0.4, 0.5) is 4.39 Å². The average Bonchev–Trinajstić information content (AvgIpc) is 2.53. The summed E-state index contributed by atoms with van der Waals surface area (Å²) in [5.41, 5.74) is 0.105. The van der Waals surface area contributed by atoms with Crippen LogP contribution in [0, 0.1) is 5.82 Å². The third-order valence-electron chi connectivity index (χ3n) is 1.44. The third kappa shape index (κ3) is 1.33. The number of hydrogen-bond acceptors (Lipinski definition) is 4. The molecule has 0 aliphatic carbocycles. The highest BCUT2D eigenvalue weighted by atomic mass is 19.1. The predicted molar refractivity (Wildman–Crippen MR) is 40.3 cm³/mol. The lowest BCUT2D eigenvalue weighted by molar-refractivity contribution is 0.520. The minimum Gasteiger partial charge on any atom is -0.388 e. The second-order valence-electron chi connectivity index (χ2n) is 2.27. The number of pyridine rings is 1. The van der Waals surface area contributed by atoms with Gasteiger partial charge in [-0.1, -0.05) is 0 Å². The summed E-state index contributed by atoms with van der Waals surface area (Å²) in [7, 11) is 0. The van der Waals surface area contributed by atoms with Crippen LogP contribution in [-0.2, 0) is 0 Å². The summed E-state index contributed by atoms with van der Waals surface area (Å²) < 4.78 is 17.6. The Hall–Kier alpha value is -1.98. The van der Waals surface area contributed by atoms with Crippen molar-refractivity contribution < 1.29 is 8.81 Å². The summed E-state index contributed by atoms with van der Waals surface area (Å²) in [6.45, 7) is 0. The van der Waals surface area contributed by atoms with E-state index < -0.39 is 11.6 Å². The molecule has 2 heterocycles. The summed E-state index contributed by atoms with van der Waals surface area (Å²) in [6, 6.07) is 1.37. The summed E-state index contributed by atoms with van der Waals surface area (Å²) >= 11 is 0. The minimum atomic E-state index is -0.716. The molecule has 2 rings (SSSR count). The van der Waals surface area contributed by atoms with Crippen LogP contribution in [0.25, 0.3) is 11.5 Å². The molecule has 5 nitrogen and oxygen atoms in total. The van der Waals surface area contributed by atoms with Crippen molar-refractivity contribution in [3.05, 3.63) is 34.8 Å². The number of rotatable bonds is 1. The van der Waals surface area contributed by atoms with Crippen LogP contribution >= 0.6 is 0 Å². The standard InChI is InChI=1S/C7H4FN3O2/c8-5-3-9-2-1-4(5)6-10-11-7(12)13-6/h1-3H,(H,11,12). The van der Waals surface area contributed by atoms with Crippen LogP contribution < -0.4 is 5.76 Å². The number of aromatic nitrogens is 3. The maximum atomic E-state index is 13.0. The smallest absolute Gasteiger partial charge is 0.388 e. The van der Waals surface area contributed by atoms with Crippen molar-refractivity contribution in [3.63, 3.8) is 0 Å². The van der Waals surface area contributed by atoms with Crippen LogP contribution in [0.5, 0.6) is 0 Å². The molecule has 0 aromatic carbocycles. The molecule has 1 N–H and O–H groups in total. The zero-order chi connectivity index (χ0) is 9.26. The Morgan fingerprint density at radius 2 is 2.38 bits per heavy atom. The molecule has 0 unspecified atom stereocenters. The van der Waals surface area contributed by atoms with Crippen LogP contribution in [0.1, 0.15) is 0 Å². The Kier molecular flexibility index (Phi) is 1.66. The molecule has 0 aliphatic rings. The minimum absolute atomic E-state index is 0.0788. The van der Waals surface area contributed by atoms with E-state index in [1.54, 1.807) is 0 Å². The summed E-state index contributed by atoms with van der Waals surface area (Å²) in [5, 5.41) is 5.51. The predicted octanol–water partition coefficient (Wildman–Crippen LogP) is 0.564. The molecule has 0 saturated heterocycles. The number of halogens is 1. The molecule has 0 fully saturated rings. The van der Waals surface area contributed by atoms with Crippen LogP contribution in [0.2, 0.25) is 0 Å². The SMILES string of the molecule is O=c1[nH]nc(-c2ccncc2F)o1. The largest absolute Gasteiger partial charge is 0.434 e. The Morgan fingerprint density at radius 3 is 3.00 bits per heavy atom. The van der Waals surface area contributed by atoms with E-state index in [4.69, 9.17) is 0 Å². The molecule has 0 aliphatic heterocycles. The second kappa shape index (κ2) is 2.81. The zero-order valence-electron chi connectivity index (χ0n) is 6.32. The molecule has 2 aromatic rings. The van der Waals surface area contributed by atoms with Gasteiger partial charge >= 0.3 is 5.76 Å². The highest BCUT2D eigenvalue weighted by Gasteiger charge is 2.09. The summed E-state index contributed by atoms with van der Waals surface area (Å²) in [6.07, 6.45) is 2.40. The lowest BCUT2D eigenvalue weighted by Crippen LogP contribution is -1.93. The monoisotopic (exact) mass is 181 g/mol. The Bertz CT molecular complexity index is 476. The van der Waals surface area contributed by atoms with Gasteiger partial charge in [-0.05, 0) is 6.07 Å². The fourth-order valence-corrected chi connectivity index (χ4v) is 0.894. The first-order chi connectivity index (χ1) is 6.27. The highest BCUT2D eigenvalue weighted by Crippen LogP contribution is 2.16. The number of nitrogens with zero attached hydrogens (tertiary/aromatic N) is 2. The number of H-pyrrole nitrogens is 1. The van der Waals surface area contributed by atoms with Crippen molar-refractivity contribution in [3.8, 4) is 11.5 Å².